The molecule has 0 radical (unpaired) electrons. The van der Waals surface area contributed by atoms with Crippen molar-refractivity contribution in [3.63, 3.8) is 0 Å². The van der Waals surface area contributed by atoms with Crippen LogP contribution in [0.15, 0.2) is 23.0 Å². The Morgan fingerprint density at radius 2 is 1.95 bits per heavy atom. The first kappa shape index (κ1) is 26.6. The van der Waals surface area contributed by atoms with Crippen LogP contribution in [0.5, 0.6) is 0 Å². The number of fused-ring (bicyclic) bond motifs is 3. The number of nitrogens with zero attached hydrogens (tertiary/aromatic N) is 1. The SMILES string of the molecule is COC(=O)C[C@H]1C2(C)C[C@@]3(O)[C@]1(C)[C@H]1CC[C@]4(C)c5c(c(C)nc(c51)[C@@]3(O)[C@H]2OC(C)=O)C(=O)O[C@H]4c1ccoc1. The fourth-order valence-corrected chi connectivity index (χ4v) is 10.2. The number of hydrogen-bond acceptors (Lipinski definition) is 10. The Bertz CT molecular complexity index is 1530. The van der Waals surface area contributed by atoms with Crippen LogP contribution in [-0.4, -0.2) is 51.9 Å². The molecule has 1 aliphatic heterocycles. The third-order valence-electron chi connectivity index (χ3n) is 11.8. The summed E-state index contributed by atoms with van der Waals surface area (Å²) in [4.78, 5) is 43.8. The zero-order valence-electron chi connectivity index (χ0n) is 24.1. The van der Waals surface area contributed by atoms with Gasteiger partial charge in [-0.05, 0) is 55.2 Å². The summed E-state index contributed by atoms with van der Waals surface area (Å²) in [6.45, 7) is 8.82. The molecular formula is C31H35NO9. The predicted octanol–water partition coefficient (Wildman–Crippen LogP) is 3.50. The molecule has 10 nitrogen and oxygen atoms in total. The van der Waals surface area contributed by atoms with Gasteiger partial charge in [-0.3, -0.25) is 14.6 Å². The number of carbonyl (C=O) groups is 3. The third kappa shape index (κ3) is 2.72. The van der Waals surface area contributed by atoms with Gasteiger partial charge in [0.2, 0.25) is 0 Å². The quantitative estimate of drug-likeness (QED) is 0.417. The lowest BCUT2D eigenvalue weighted by Crippen LogP contribution is -2.73. The van der Waals surface area contributed by atoms with Crippen LogP contribution in [0.3, 0.4) is 0 Å². The Balaban J connectivity index is 1.57. The summed E-state index contributed by atoms with van der Waals surface area (Å²) in [5, 5.41) is 25.7. The van der Waals surface area contributed by atoms with Gasteiger partial charge in [-0.25, -0.2) is 4.79 Å². The molecule has 0 amide bonds. The van der Waals surface area contributed by atoms with Gasteiger partial charge in [0.1, 0.15) is 17.8 Å². The average Bonchev–Trinajstić information content (AvgIpc) is 3.55. The number of hydrogen-bond donors (Lipinski definition) is 2. The number of carbonyl (C=O) groups excluding carboxylic acids is 3. The van der Waals surface area contributed by atoms with Crippen molar-refractivity contribution >= 4 is 17.9 Å². The summed E-state index contributed by atoms with van der Waals surface area (Å²) in [7, 11) is 1.32. The lowest BCUT2D eigenvalue weighted by molar-refractivity contribution is -0.285. The van der Waals surface area contributed by atoms with E-state index in [-0.39, 0.29) is 24.5 Å². The topological polar surface area (TPSA) is 145 Å². The van der Waals surface area contributed by atoms with E-state index in [0.717, 1.165) is 11.1 Å². The number of aryl methyl sites for hydroxylation is 1. The summed E-state index contributed by atoms with van der Waals surface area (Å²) in [6, 6.07) is 1.78. The molecule has 0 spiro atoms. The minimum atomic E-state index is -2.08. The van der Waals surface area contributed by atoms with Crippen LogP contribution in [0.25, 0.3) is 0 Å². The van der Waals surface area contributed by atoms with Crippen molar-refractivity contribution in [1.82, 2.24) is 4.98 Å². The van der Waals surface area contributed by atoms with Gasteiger partial charge in [-0.2, -0.15) is 0 Å². The molecule has 2 bridgehead atoms. The second-order valence-corrected chi connectivity index (χ2v) is 13.5. The average molecular weight is 566 g/mol. The summed E-state index contributed by atoms with van der Waals surface area (Å²) in [5.74, 6) is -2.42. The number of esters is 3. The first-order chi connectivity index (χ1) is 19.2. The van der Waals surface area contributed by atoms with E-state index < -0.39 is 63.5 Å². The molecule has 0 saturated heterocycles. The van der Waals surface area contributed by atoms with Crippen LogP contribution in [-0.2, 0) is 34.8 Å². The van der Waals surface area contributed by atoms with E-state index in [1.807, 2.05) is 20.8 Å². The largest absolute Gasteiger partial charge is 0.472 e. The highest BCUT2D eigenvalue weighted by atomic mass is 16.6. The van der Waals surface area contributed by atoms with Crippen molar-refractivity contribution in [1.29, 1.82) is 0 Å². The van der Waals surface area contributed by atoms with E-state index in [9.17, 15) is 24.6 Å². The highest BCUT2D eigenvalue weighted by molar-refractivity contribution is 5.95. The number of furan rings is 1. The predicted molar refractivity (Wildman–Crippen MR) is 141 cm³/mol. The molecular weight excluding hydrogens is 530 g/mol. The Kier molecular flexibility index (Phi) is 5.05. The molecule has 3 heterocycles. The molecule has 10 heteroatoms. The highest BCUT2D eigenvalue weighted by Crippen LogP contribution is 2.82. The molecule has 41 heavy (non-hydrogen) atoms. The Morgan fingerprint density at radius 3 is 2.59 bits per heavy atom. The van der Waals surface area contributed by atoms with Gasteiger partial charge in [0.25, 0.3) is 0 Å². The lowest BCUT2D eigenvalue weighted by atomic mass is 9.42. The minimum Gasteiger partial charge on any atom is -0.472 e. The number of methoxy groups -OCH3 is 1. The van der Waals surface area contributed by atoms with E-state index in [4.69, 9.17) is 23.6 Å². The van der Waals surface area contributed by atoms with Gasteiger partial charge >= 0.3 is 17.9 Å². The molecule has 7 rings (SSSR count). The molecule has 1 unspecified atom stereocenters. The van der Waals surface area contributed by atoms with Crippen molar-refractivity contribution in [3.05, 3.63) is 52.2 Å². The molecule has 218 valence electrons. The summed E-state index contributed by atoms with van der Waals surface area (Å²) in [6.07, 6.45) is 2.58. The van der Waals surface area contributed by atoms with E-state index in [1.165, 1.54) is 14.0 Å². The minimum absolute atomic E-state index is 0.0239. The van der Waals surface area contributed by atoms with Gasteiger partial charge in [0, 0.05) is 35.2 Å². The van der Waals surface area contributed by atoms with Crippen LogP contribution in [0, 0.1) is 23.7 Å². The number of cyclic esters (lactones) is 1. The number of rotatable bonds is 4. The maximum absolute atomic E-state index is 13.6. The van der Waals surface area contributed by atoms with E-state index >= 15 is 0 Å². The van der Waals surface area contributed by atoms with Crippen molar-refractivity contribution in [2.24, 2.45) is 16.7 Å². The lowest BCUT2D eigenvalue weighted by Gasteiger charge is -2.65. The molecule has 2 saturated carbocycles. The van der Waals surface area contributed by atoms with Gasteiger partial charge in [0.05, 0.1) is 36.6 Å². The molecule has 9 atom stereocenters. The molecule has 4 aliphatic carbocycles. The van der Waals surface area contributed by atoms with Crippen LogP contribution in [0.1, 0.15) is 104 Å². The number of aromatic nitrogens is 1. The van der Waals surface area contributed by atoms with Crippen LogP contribution >= 0.6 is 0 Å². The maximum Gasteiger partial charge on any atom is 0.340 e. The fourth-order valence-electron chi connectivity index (χ4n) is 10.2. The van der Waals surface area contributed by atoms with Crippen LogP contribution < -0.4 is 0 Å². The molecule has 2 aromatic rings. The highest BCUT2D eigenvalue weighted by Gasteiger charge is 2.88. The summed E-state index contributed by atoms with van der Waals surface area (Å²) < 4.78 is 22.4. The summed E-state index contributed by atoms with van der Waals surface area (Å²) in [5.41, 5.74) is -3.39. The van der Waals surface area contributed by atoms with Crippen molar-refractivity contribution in [2.75, 3.05) is 7.11 Å². The zero-order chi connectivity index (χ0) is 29.5. The molecule has 2 fully saturated rings. The maximum atomic E-state index is 13.6. The normalized spacial score (nSPS) is 42.9. The first-order valence-electron chi connectivity index (χ1n) is 14.2. The molecule has 2 N–H and O–H groups in total. The molecule has 2 aromatic heterocycles. The Labute approximate surface area is 237 Å². The Hall–Kier alpha value is -3.24. The van der Waals surface area contributed by atoms with Gasteiger partial charge in [0.15, 0.2) is 5.60 Å². The van der Waals surface area contributed by atoms with Gasteiger partial charge in [-0.1, -0.05) is 20.8 Å². The summed E-state index contributed by atoms with van der Waals surface area (Å²) >= 11 is 0. The Morgan fingerprint density at radius 1 is 1.22 bits per heavy atom. The number of pyridine rings is 1. The van der Waals surface area contributed by atoms with Crippen LogP contribution in [0.4, 0.5) is 0 Å². The van der Waals surface area contributed by atoms with Crippen molar-refractivity contribution in [2.45, 2.75) is 95.0 Å². The van der Waals surface area contributed by atoms with Crippen molar-refractivity contribution in [3.8, 4) is 0 Å². The van der Waals surface area contributed by atoms with Crippen molar-refractivity contribution < 1.29 is 43.2 Å². The van der Waals surface area contributed by atoms with E-state index in [0.29, 0.717) is 29.7 Å². The first-order valence-corrected chi connectivity index (χ1v) is 14.2. The number of ether oxygens (including phenoxy) is 3. The molecule has 0 aromatic carbocycles. The fraction of sp³-hybridized carbons (Fsp3) is 0.613. The smallest absolute Gasteiger partial charge is 0.340 e. The second-order valence-electron chi connectivity index (χ2n) is 13.5. The van der Waals surface area contributed by atoms with E-state index in [2.05, 4.69) is 0 Å². The van der Waals surface area contributed by atoms with Gasteiger partial charge in [-0.15, -0.1) is 0 Å². The standard InChI is InChI=1S/C31H35NO9/c1-14-20-22-21-17(7-9-27(22,3)24(41-25(20)35)16-8-10-39-12-16)29(5)18(11-19(34)38-6)28(4)13-30(29,36)31(37,23(21)32-14)26(28)40-15(2)33/h8,10,12,17-18,24,26,36-37H,7,9,11,13H2,1-6H3/t17-,18-,24-,26-,27+,28?,29+,30+,31+/m0/s1. The van der Waals surface area contributed by atoms with E-state index in [1.54, 1.807) is 25.5 Å². The monoisotopic (exact) mass is 565 g/mol. The van der Waals surface area contributed by atoms with Crippen LogP contribution in [0.2, 0.25) is 0 Å². The van der Waals surface area contributed by atoms with Gasteiger partial charge < -0.3 is 28.8 Å². The number of aliphatic hydroxyl groups is 2. The third-order valence-corrected chi connectivity index (χ3v) is 11.8. The zero-order valence-corrected chi connectivity index (χ0v) is 24.1. The second kappa shape index (κ2) is 7.77. The molecule has 5 aliphatic rings.